The molecule has 0 aliphatic carbocycles. The first-order chi connectivity index (χ1) is 17.0. The summed E-state index contributed by atoms with van der Waals surface area (Å²) in [6.07, 6.45) is 2.83. The second-order valence-electron chi connectivity index (χ2n) is 9.32. The van der Waals surface area contributed by atoms with Crippen LogP contribution in [0.15, 0.2) is 54.9 Å². The molecule has 0 radical (unpaired) electrons. The number of fused-ring (bicyclic) bond motifs is 1. The molecule has 1 saturated heterocycles. The van der Waals surface area contributed by atoms with Crippen LogP contribution in [0, 0.1) is 18.7 Å². The van der Waals surface area contributed by atoms with Gasteiger partial charge in [-0.05, 0) is 43.0 Å². The fourth-order valence-corrected chi connectivity index (χ4v) is 4.76. The van der Waals surface area contributed by atoms with Crippen LogP contribution in [-0.4, -0.2) is 39.4 Å². The quantitative estimate of drug-likeness (QED) is 0.608. The zero-order valence-electron chi connectivity index (χ0n) is 19.7. The van der Waals surface area contributed by atoms with Crippen molar-refractivity contribution in [2.75, 3.05) is 13.1 Å². The lowest BCUT2D eigenvalue weighted by Crippen LogP contribution is -2.43. The van der Waals surface area contributed by atoms with Crippen molar-refractivity contribution >= 4 is 11.8 Å². The lowest BCUT2D eigenvalue weighted by Gasteiger charge is -2.31. The van der Waals surface area contributed by atoms with E-state index in [1.165, 1.54) is 17.7 Å². The monoisotopic (exact) mass is 476 g/mol. The Kier molecular flexibility index (Phi) is 6.63. The summed E-state index contributed by atoms with van der Waals surface area (Å²) in [5.74, 6) is -0.658. The number of nitrogens with zero attached hydrogens (tertiary/aromatic N) is 3. The minimum Gasteiger partial charge on any atom is -0.365 e. The van der Waals surface area contributed by atoms with Crippen LogP contribution in [0.3, 0.4) is 0 Å². The van der Waals surface area contributed by atoms with Gasteiger partial charge in [0.25, 0.3) is 5.91 Å². The number of aromatic nitrogens is 2. The van der Waals surface area contributed by atoms with Gasteiger partial charge in [-0.2, -0.15) is 0 Å². The topological polar surface area (TPSA) is 76.5 Å². The summed E-state index contributed by atoms with van der Waals surface area (Å²) in [5.41, 5.74) is 4.27. The van der Waals surface area contributed by atoms with Crippen LogP contribution in [0.25, 0.3) is 0 Å². The van der Waals surface area contributed by atoms with Crippen LogP contribution in [0.1, 0.15) is 51.8 Å². The molecule has 2 amide bonds. The normalized spacial score (nSPS) is 18.2. The average Bonchev–Trinajstić information content (AvgIpc) is 3.31. The third kappa shape index (κ3) is 5.12. The van der Waals surface area contributed by atoms with Crippen LogP contribution >= 0.6 is 0 Å². The van der Waals surface area contributed by atoms with Gasteiger partial charge < -0.3 is 19.5 Å². The lowest BCUT2D eigenvalue weighted by atomic mass is 9.95. The number of benzene rings is 2. The first-order valence-corrected chi connectivity index (χ1v) is 12.0. The van der Waals surface area contributed by atoms with Gasteiger partial charge >= 0.3 is 0 Å². The number of amides is 2. The molecule has 5 rings (SSSR count). The van der Waals surface area contributed by atoms with Gasteiger partial charge in [0.1, 0.15) is 11.9 Å². The van der Waals surface area contributed by atoms with E-state index >= 15 is 0 Å². The number of hydrogen-bond acceptors (Lipinski definition) is 4. The second-order valence-corrected chi connectivity index (χ2v) is 9.32. The van der Waals surface area contributed by atoms with Gasteiger partial charge in [-0.15, -0.1) is 0 Å². The predicted molar refractivity (Wildman–Crippen MR) is 128 cm³/mol. The number of imidazole rings is 1. The Morgan fingerprint density at radius 3 is 2.66 bits per heavy atom. The van der Waals surface area contributed by atoms with E-state index in [0.29, 0.717) is 51.3 Å². The molecule has 2 aromatic carbocycles. The molecule has 7 nitrogen and oxygen atoms in total. The van der Waals surface area contributed by atoms with Crippen LogP contribution in [-0.2, 0) is 29.2 Å². The standard InChI is InChI=1S/C27H29FN4O3/c1-18-5-7-20(8-6-18)24-15-32-17-30-25(23(32)16-35-24)27(34)31-11-9-21(10-12-31)26(33)29-14-19-3-2-4-22(28)13-19/h2-8,13,17,21,24H,9-12,14-16H2,1H3,(H,29,33)/t24-/m1/s1. The molecule has 2 aliphatic rings. The fraction of sp³-hybridized carbons (Fsp3) is 0.370. The minimum atomic E-state index is -0.318. The van der Waals surface area contributed by atoms with Crippen molar-refractivity contribution in [3.05, 3.63) is 88.8 Å². The van der Waals surface area contributed by atoms with Gasteiger partial charge in [-0.25, -0.2) is 9.37 Å². The number of rotatable bonds is 5. The van der Waals surface area contributed by atoms with Crippen molar-refractivity contribution in [1.82, 2.24) is 19.8 Å². The van der Waals surface area contributed by atoms with E-state index in [4.69, 9.17) is 4.74 Å². The fourth-order valence-electron chi connectivity index (χ4n) is 4.76. The van der Waals surface area contributed by atoms with Gasteiger partial charge in [0.2, 0.25) is 5.91 Å². The Morgan fingerprint density at radius 1 is 1.14 bits per heavy atom. The summed E-state index contributed by atoms with van der Waals surface area (Å²) < 4.78 is 21.4. The van der Waals surface area contributed by atoms with Gasteiger partial charge in [0.05, 0.1) is 25.2 Å². The molecule has 8 heteroatoms. The first-order valence-electron chi connectivity index (χ1n) is 12.0. The number of piperidine rings is 1. The molecule has 35 heavy (non-hydrogen) atoms. The van der Waals surface area contributed by atoms with Crippen molar-refractivity contribution in [2.24, 2.45) is 5.92 Å². The van der Waals surface area contributed by atoms with Crippen LogP contribution in [0.4, 0.5) is 4.39 Å². The molecule has 1 N–H and O–H groups in total. The highest BCUT2D eigenvalue weighted by Gasteiger charge is 2.32. The highest BCUT2D eigenvalue weighted by molar-refractivity contribution is 5.93. The number of hydrogen-bond donors (Lipinski definition) is 1. The van der Waals surface area contributed by atoms with Crippen LogP contribution in [0.2, 0.25) is 0 Å². The van der Waals surface area contributed by atoms with Crippen LogP contribution < -0.4 is 5.32 Å². The van der Waals surface area contributed by atoms with E-state index in [9.17, 15) is 14.0 Å². The minimum absolute atomic E-state index is 0.0590. The molecular formula is C27H29FN4O3. The summed E-state index contributed by atoms with van der Waals surface area (Å²) in [4.78, 5) is 32.0. The van der Waals surface area contributed by atoms with Crippen molar-refractivity contribution in [3.63, 3.8) is 0 Å². The third-order valence-corrected chi connectivity index (χ3v) is 6.89. The number of carbonyl (C=O) groups is 2. The zero-order chi connectivity index (χ0) is 24.4. The molecule has 3 heterocycles. The molecule has 1 fully saturated rings. The number of ether oxygens (including phenoxy) is 1. The number of halogens is 1. The summed E-state index contributed by atoms with van der Waals surface area (Å²) in [6, 6.07) is 14.5. The third-order valence-electron chi connectivity index (χ3n) is 6.89. The smallest absolute Gasteiger partial charge is 0.274 e. The Balaban J connectivity index is 1.15. The van der Waals surface area contributed by atoms with E-state index in [0.717, 1.165) is 16.8 Å². The highest BCUT2D eigenvalue weighted by atomic mass is 19.1. The summed E-state index contributed by atoms with van der Waals surface area (Å²) >= 11 is 0. The zero-order valence-corrected chi connectivity index (χ0v) is 19.7. The average molecular weight is 477 g/mol. The van der Waals surface area contributed by atoms with Gasteiger partial charge in [-0.3, -0.25) is 9.59 Å². The molecular weight excluding hydrogens is 447 g/mol. The van der Waals surface area contributed by atoms with Crippen molar-refractivity contribution in [1.29, 1.82) is 0 Å². The molecule has 3 aromatic rings. The lowest BCUT2D eigenvalue weighted by molar-refractivity contribution is -0.126. The van der Waals surface area contributed by atoms with Crippen molar-refractivity contribution < 1.29 is 18.7 Å². The molecule has 0 saturated carbocycles. The van der Waals surface area contributed by atoms with Gasteiger partial charge in [0, 0.05) is 25.6 Å². The van der Waals surface area contributed by atoms with Crippen molar-refractivity contribution in [2.45, 2.75) is 45.6 Å². The summed E-state index contributed by atoms with van der Waals surface area (Å²) in [7, 11) is 0. The molecule has 1 atom stereocenters. The van der Waals surface area contributed by atoms with Gasteiger partial charge in [0.15, 0.2) is 5.69 Å². The molecule has 182 valence electrons. The molecule has 2 aliphatic heterocycles. The Bertz CT molecular complexity index is 1220. The largest absolute Gasteiger partial charge is 0.365 e. The summed E-state index contributed by atoms with van der Waals surface area (Å²) in [5, 5.41) is 2.89. The number of likely N-dealkylation sites (tertiary alicyclic amines) is 1. The molecule has 0 spiro atoms. The van der Waals surface area contributed by atoms with E-state index in [1.54, 1.807) is 23.4 Å². The maximum atomic E-state index is 13.3. The number of nitrogens with one attached hydrogen (secondary N) is 1. The van der Waals surface area contributed by atoms with Crippen LogP contribution in [0.5, 0.6) is 0 Å². The second kappa shape index (κ2) is 10.00. The van der Waals surface area contributed by atoms with Gasteiger partial charge in [-0.1, -0.05) is 42.0 Å². The Morgan fingerprint density at radius 2 is 1.91 bits per heavy atom. The maximum Gasteiger partial charge on any atom is 0.274 e. The van der Waals surface area contributed by atoms with E-state index in [1.807, 2.05) is 4.57 Å². The highest BCUT2D eigenvalue weighted by Crippen LogP contribution is 2.29. The first kappa shape index (κ1) is 23.2. The van der Waals surface area contributed by atoms with E-state index < -0.39 is 0 Å². The predicted octanol–water partition coefficient (Wildman–Crippen LogP) is 3.77. The maximum absolute atomic E-state index is 13.3. The molecule has 0 unspecified atom stereocenters. The molecule has 0 bridgehead atoms. The summed E-state index contributed by atoms with van der Waals surface area (Å²) in [6.45, 7) is 4.29. The molecule has 1 aromatic heterocycles. The van der Waals surface area contributed by atoms with E-state index in [2.05, 4.69) is 41.5 Å². The Hall–Kier alpha value is -3.52. The SMILES string of the molecule is Cc1ccc([C@H]2Cn3cnc(C(=O)N4CCC(C(=O)NCc5cccc(F)c5)CC4)c3CO2)cc1. The van der Waals surface area contributed by atoms with E-state index in [-0.39, 0.29) is 29.7 Å². The number of aryl methyl sites for hydroxylation is 1. The Labute approximate surface area is 203 Å². The number of carbonyl (C=O) groups excluding carboxylic acids is 2. The van der Waals surface area contributed by atoms with Crippen molar-refractivity contribution in [3.8, 4) is 0 Å².